The molecule has 0 unspecified atom stereocenters. The van der Waals surface area contributed by atoms with Gasteiger partial charge < -0.3 is 9.64 Å². The summed E-state index contributed by atoms with van der Waals surface area (Å²) in [6.07, 6.45) is 0. The second-order valence-electron chi connectivity index (χ2n) is 4.50. The highest BCUT2D eigenvalue weighted by Crippen LogP contribution is 2.27. The highest BCUT2D eigenvalue weighted by Gasteiger charge is 2.17. The summed E-state index contributed by atoms with van der Waals surface area (Å²) in [5.41, 5.74) is 1.56. The van der Waals surface area contributed by atoms with Crippen molar-refractivity contribution < 1.29 is 13.9 Å². The summed E-state index contributed by atoms with van der Waals surface area (Å²) in [6.45, 7) is 1.63. The van der Waals surface area contributed by atoms with Crippen LogP contribution in [-0.4, -0.2) is 20.1 Å². The fraction of sp³-hybridized carbons (Fsp3) is 0.188. The third-order valence-corrected chi connectivity index (χ3v) is 3.16. The van der Waals surface area contributed by atoms with Gasteiger partial charge in [0.15, 0.2) is 0 Å². The number of benzene rings is 2. The van der Waals surface area contributed by atoms with Gasteiger partial charge in [-0.05, 0) is 42.8 Å². The topological polar surface area (TPSA) is 29.5 Å². The molecule has 0 fully saturated rings. The molecule has 0 bridgehead atoms. The number of rotatable bonds is 3. The molecule has 0 N–H and O–H groups in total. The van der Waals surface area contributed by atoms with E-state index in [-0.39, 0.29) is 11.7 Å². The Balaban J connectivity index is 2.34. The Morgan fingerprint density at radius 2 is 1.90 bits per heavy atom. The summed E-state index contributed by atoms with van der Waals surface area (Å²) in [5.74, 6) is 0.0845. The number of anilines is 1. The number of halogens is 1. The van der Waals surface area contributed by atoms with E-state index in [1.54, 1.807) is 39.3 Å². The van der Waals surface area contributed by atoms with E-state index in [1.807, 2.05) is 12.1 Å². The van der Waals surface area contributed by atoms with Crippen molar-refractivity contribution in [1.82, 2.24) is 0 Å². The Hall–Kier alpha value is -2.36. The van der Waals surface area contributed by atoms with Crippen LogP contribution in [0.5, 0.6) is 5.75 Å². The summed E-state index contributed by atoms with van der Waals surface area (Å²) in [4.78, 5) is 13.9. The Kier molecular flexibility index (Phi) is 4.03. The highest BCUT2D eigenvalue weighted by molar-refractivity contribution is 6.06. The Morgan fingerprint density at radius 3 is 2.55 bits per heavy atom. The van der Waals surface area contributed by atoms with Crippen LogP contribution in [0, 0.1) is 12.7 Å². The molecule has 0 aliphatic carbocycles. The van der Waals surface area contributed by atoms with Gasteiger partial charge in [-0.2, -0.15) is 0 Å². The van der Waals surface area contributed by atoms with Crippen LogP contribution in [0.1, 0.15) is 15.9 Å². The van der Waals surface area contributed by atoms with Crippen LogP contribution >= 0.6 is 0 Å². The first-order valence-corrected chi connectivity index (χ1v) is 6.22. The lowest BCUT2D eigenvalue weighted by Crippen LogP contribution is -2.26. The van der Waals surface area contributed by atoms with Gasteiger partial charge in [-0.25, -0.2) is 4.39 Å². The summed E-state index contributed by atoms with van der Waals surface area (Å²) in [7, 11) is 3.22. The number of amides is 1. The number of carbonyl (C=O) groups excluding carboxylic acids is 1. The maximum atomic E-state index is 13.3. The molecule has 2 rings (SSSR count). The van der Waals surface area contributed by atoms with Crippen molar-refractivity contribution in [2.75, 3.05) is 19.1 Å². The number of hydrogen-bond donors (Lipinski definition) is 0. The molecule has 0 aromatic heterocycles. The van der Waals surface area contributed by atoms with Crippen LogP contribution in [0.25, 0.3) is 0 Å². The number of methoxy groups -OCH3 is 1. The Labute approximate surface area is 117 Å². The first-order chi connectivity index (χ1) is 9.54. The molecule has 0 aliphatic rings. The van der Waals surface area contributed by atoms with Crippen LogP contribution in [-0.2, 0) is 0 Å². The normalized spacial score (nSPS) is 10.2. The number of carbonyl (C=O) groups is 1. The van der Waals surface area contributed by atoms with E-state index in [9.17, 15) is 9.18 Å². The number of ether oxygens (including phenoxy) is 1. The smallest absolute Gasteiger partial charge is 0.258 e. The summed E-state index contributed by atoms with van der Waals surface area (Å²) in [6, 6.07) is 11.6. The summed E-state index contributed by atoms with van der Waals surface area (Å²) in [5, 5.41) is 0. The van der Waals surface area contributed by atoms with Gasteiger partial charge in [0, 0.05) is 12.6 Å². The minimum absolute atomic E-state index is 0.211. The highest BCUT2D eigenvalue weighted by atomic mass is 19.1. The van der Waals surface area contributed by atoms with Gasteiger partial charge in [-0.15, -0.1) is 0 Å². The van der Waals surface area contributed by atoms with E-state index in [4.69, 9.17) is 4.74 Å². The van der Waals surface area contributed by atoms with Gasteiger partial charge in [0.25, 0.3) is 5.91 Å². The lowest BCUT2D eigenvalue weighted by Gasteiger charge is -2.20. The average Bonchev–Trinajstić information content (AvgIpc) is 2.48. The second kappa shape index (κ2) is 5.74. The van der Waals surface area contributed by atoms with E-state index in [1.165, 1.54) is 17.0 Å². The van der Waals surface area contributed by atoms with Gasteiger partial charge in [0.2, 0.25) is 0 Å². The Morgan fingerprint density at radius 1 is 1.20 bits per heavy atom. The standard InChI is InChI=1S/C16H16FNO2/c1-11-10-12(8-9-13(11)17)16(19)18(2)14-6-4-5-7-15(14)20-3/h4-10H,1-3H3. The minimum Gasteiger partial charge on any atom is -0.495 e. The number of nitrogens with zero attached hydrogens (tertiary/aromatic N) is 1. The molecule has 20 heavy (non-hydrogen) atoms. The zero-order chi connectivity index (χ0) is 14.7. The average molecular weight is 273 g/mol. The largest absolute Gasteiger partial charge is 0.495 e. The molecular weight excluding hydrogens is 257 g/mol. The molecular formula is C16H16FNO2. The number of aryl methyl sites for hydroxylation is 1. The lowest BCUT2D eigenvalue weighted by molar-refractivity contribution is 0.0992. The zero-order valence-corrected chi connectivity index (χ0v) is 11.7. The summed E-state index contributed by atoms with van der Waals surface area (Å²) < 4.78 is 18.5. The summed E-state index contributed by atoms with van der Waals surface area (Å²) >= 11 is 0. The number of para-hydroxylation sites is 2. The molecule has 2 aromatic carbocycles. The molecule has 0 saturated carbocycles. The minimum atomic E-state index is -0.318. The fourth-order valence-corrected chi connectivity index (χ4v) is 1.99. The van der Waals surface area contributed by atoms with Gasteiger partial charge in [0.05, 0.1) is 12.8 Å². The van der Waals surface area contributed by atoms with Crippen molar-refractivity contribution in [2.45, 2.75) is 6.92 Å². The molecule has 4 heteroatoms. The molecule has 2 aromatic rings. The second-order valence-corrected chi connectivity index (χ2v) is 4.50. The maximum absolute atomic E-state index is 13.3. The van der Waals surface area contributed by atoms with E-state index in [0.29, 0.717) is 22.6 Å². The molecule has 0 aliphatic heterocycles. The van der Waals surface area contributed by atoms with E-state index < -0.39 is 0 Å². The van der Waals surface area contributed by atoms with Gasteiger partial charge in [-0.1, -0.05) is 12.1 Å². The maximum Gasteiger partial charge on any atom is 0.258 e. The van der Waals surface area contributed by atoms with E-state index in [2.05, 4.69) is 0 Å². The van der Waals surface area contributed by atoms with Crippen LogP contribution in [0.4, 0.5) is 10.1 Å². The number of hydrogen-bond acceptors (Lipinski definition) is 2. The quantitative estimate of drug-likeness (QED) is 0.857. The van der Waals surface area contributed by atoms with Crippen molar-refractivity contribution in [2.24, 2.45) is 0 Å². The van der Waals surface area contributed by atoms with E-state index >= 15 is 0 Å². The van der Waals surface area contributed by atoms with Crippen LogP contribution < -0.4 is 9.64 Å². The molecule has 1 amide bonds. The van der Waals surface area contributed by atoms with Gasteiger partial charge in [0.1, 0.15) is 11.6 Å². The van der Waals surface area contributed by atoms with Crippen molar-refractivity contribution in [3.05, 3.63) is 59.4 Å². The molecule has 0 radical (unpaired) electrons. The lowest BCUT2D eigenvalue weighted by atomic mass is 10.1. The van der Waals surface area contributed by atoms with Crippen LogP contribution in [0.15, 0.2) is 42.5 Å². The fourth-order valence-electron chi connectivity index (χ4n) is 1.99. The molecule has 104 valence electrons. The van der Waals surface area contributed by atoms with Crippen molar-refractivity contribution in [3.63, 3.8) is 0 Å². The van der Waals surface area contributed by atoms with Crippen molar-refractivity contribution in [1.29, 1.82) is 0 Å². The van der Waals surface area contributed by atoms with Gasteiger partial charge >= 0.3 is 0 Å². The third kappa shape index (κ3) is 2.64. The predicted molar refractivity (Wildman–Crippen MR) is 76.9 cm³/mol. The first-order valence-electron chi connectivity index (χ1n) is 6.22. The third-order valence-electron chi connectivity index (χ3n) is 3.16. The monoisotopic (exact) mass is 273 g/mol. The zero-order valence-electron chi connectivity index (χ0n) is 11.7. The van der Waals surface area contributed by atoms with Crippen molar-refractivity contribution >= 4 is 11.6 Å². The van der Waals surface area contributed by atoms with Crippen LogP contribution in [0.3, 0.4) is 0 Å². The molecule has 3 nitrogen and oxygen atoms in total. The SMILES string of the molecule is COc1ccccc1N(C)C(=O)c1ccc(F)c(C)c1. The van der Waals surface area contributed by atoms with Gasteiger partial charge in [-0.3, -0.25) is 4.79 Å². The van der Waals surface area contributed by atoms with Crippen molar-refractivity contribution in [3.8, 4) is 5.75 Å². The Bertz CT molecular complexity index is 640. The molecule has 0 saturated heterocycles. The molecule has 0 spiro atoms. The molecule has 0 heterocycles. The predicted octanol–water partition coefficient (Wildman–Crippen LogP) is 3.42. The first kappa shape index (κ1) is 14.1. The molecule has 0 atom stereocenters. The van der Waals surface area contributed by atoms with Crippen LogP contribution in [0.2, 0.25) is 0 Å². The van der Waals surface area contributed by atoms with E-state index in [0.717, 1.165) is 0 Å².